The molecule has 0 saturated carbocycles. The number of rotatable bonds is 9. The second-order valence-electron chi connectivity index (χ2n) is 7.15. The summed E-state index contributed by atoms with van der Waals surface area (Å²) in [7, 11) is 0. The number of unbranched alkanes of at least 4 members (excludes halogenated alkanes) is 2. The third-order valence-electron chi connectivity index (χ3n) is 5.20. The van der Waals surface area contributed by atoms with Gasteiger partial charge < -0.3 is 14.7 Å². The molecule has 0 aliphatic carbocycles. The van der Waals surface area contributed by atoms with Gasteiger partial charge in [0.2, 0.25) is 5.91 Å². The summed E-state index contributed by atoms with van der Waals surface area (Å²) in [4.78, 5) is 25.0. The van der Waals surface area contributed by atoms with Gasteiger partial charge in [-0.3, -0.25) is 9.59 Å². The van der Waals surface area contributed by atoms with Crippen molar-refractivity contribution in [2.24, 2.45) is 5.92 Å². The summed E-state index contributed by atoms with van der Waals surface area (Å²) < 4.78 is 6.05. The summed E-state index contributed by atoms with van der Waals surface area (Å²) in [6.07, 6.45) is 4.07. The Balaban J connectivity index is 1.76. The van der Waals surface area contributed by atoms with Crippen LogP contribution in [0.3, 0.4) is 0 Å². The predicted molar refractivity (Wildman–Crippen MR) is 105 cm³/mol. The van der Waals surface area contributed by atoms with Gasteiger partial charge in [0.05, 0.1) is 12.5 Å². The maximum atomic E-state index is 12.1. The van der Waals surface area contributed by atoms with Crippen LogP contribution in [-0.2, 0) is 16.0 Å². The molecular formula is C22H27NO4. The zero-order chi connectivity index (χ0) is 19.2. The first-order valence-corrected chi connectivity index (χ1v) is 9.74. The molecule has 1 fully saturated rings. The van der Waals surface area contributed by atoms with E-state index >= 15 is 0 Å². The van der Waals surface area contributed by atoms with E-state index in [-0.39, 0.29) is 12.3 Å². The zero-order valence-electron chi connectivity index (χ0n) is 15.8. The number of carbonyl (C=O) groups excluding carboxylic acids is 1. The maximum absolute atomic E-state index is 12.1. The summed E-state index contributed by atoms with van der Waals surface area (Å²) >= 11 is 0. The lowest BCUT2D eigenvalue weighted by molar-refractivity contribution is -0.141. The Morgan fingerprint density at radius 3 is 2.78 bits per heavy atom. The molecule has 1 unspecified atom stereocenters. The molecule has 1 aliphatic rings. The second kappa shape index (κ2) is 8.89. The molecule has 1 saturated heterocycles. The fourth-order valence-corrected chi connectivity index (χ4v) is 3.64. The Hall–Kier alpha value is -2.56. The first kappa shape index (κ1) is 19.2. The van der Waals surface area contributed by atoms with Gasteiger partial charge in [-0.15, -0.1) is 0 Å². The van der Waals surface area contributed by atoms with Gasteiger partial charge in [-0.25, -0.2) is 0 Å². The largest absolute Gasteiger partial charge is 0.493 e. The quantitative estimate of drug-likeness (QED) is 0.681. The Morgan fingerprint density at radius 2 is 2.04 bits per heavy atom. The van der Waals surface area contributed by atoms with Gasteiger partial charge >= 0.3 is 5.97 Å². The number of fused-ring (bicyclic) bond motifs is 1. The summed E-state index contributed by atoms with van der Waals surface area (Å²) in [5, 5.41) is 11.4. The van der Waals surface area contributed by atoms with Gasteiger partial charge in [-0.05, 0) is 29.7 Å². The fourth-order valence-electron chi connectivity index (χ4n) is 3.64. The van der Waals surface area contributed by atoms with Crippen LogP contribution < -0.4 is 4.74 Å². The van der Waals surface area contributed by atoms with E-state index in [0.717, 1.165) is 41.3 Å². The number of aliphatic carboxylic acids is 1. The molecule has 0 radical (unpaired) electrons. The van der Waals surface area contributed by atoms with Crippen molar-refractivity contribution in [3.05, 3.63) is 42.0 Å². The lowest BCUT2D eigenvalue weighted by atomic mass is 10.0. The van der Waals surface area contributed by atoms with E-state index in [2.05, 4.69) is 25.1 Å². The average molecular weight is 369 g/mol. The average Bonchev–Trinajstić information content (AvgIpc) is 3.05. The van der Waals surface area contributed by atoms with E-state index in [4.69, 9.17) is 9.84 Å². The Kier molecular flexibility index (Phi) is 6.32. The van der Waals surface area contributed by atoms with Crippen LogP contribution in [0.1, 0.15) is 38.2 Å². The lowest BCUT2D eigenvalue weighted by Crippen LogP contribution is -2.28. The van der Waals surface area contributed by atoms with E-state index in [1.54, 1.807) is 4.90 Å². The molecule has 2 aromatic carbocycles. The fraction of sp³-hybridized carbons (Fsp3) is 0.455. The molecule has 144 valence electrons. The second-order valence-corrected chi connectivity index (χ2v) is 7.15. The molecule has 1 amide bonds. The van der Waals surface area contributed by atoms with Crippen molar-refractivity contribution in [2.45, 2.75) is 39.0 Å². The zero-order valence-corrected chi connectivity index (χ0v) is 15.8. The van der Waals surface area contributed by atoms with Crippen LogP contribution in [-0.4, -0.2) is 41.6 Å². The van der Waals surface area contributed by atoms with Crippen LogP contribution >= 0.6 is 0 Å². The number of amides is 1. The minimum absolute atomic E-state index is 0.0759. The lowest BCUT2D eigenvalue weighted by Gasteiger charge is -2.19. The summed E-state index contributed by atoms with van der Waals surface area (Å²) in [5.74, 6) is -0.690. The molecule has 2 aromatic rings. The Morgan fingerprint density at radius 1 is 1.22 bits per heavy atom. The van der Waals surface area contributed by atoms with Gasteiger partial charge in [0.15, 0.2) is 0 Å². The highest BCUT2D eigenvalue weighted by Crippen LogP contribution is 2.30. The highest BCUT2D eigenvalue weighted by atomic mass is 16.5. The van der Waals surface area contributed by atoms with Crippen molar-refractivity contribution in [3.8, 4) is 5.75 Å². The standard InChI is InChI=1S/C22H27NO4/c1-2-3-6-13-27-20-10-9-16-7-4-5-8-18(16)19(20)11-12-23-15-17(22(25)26)14-21(23)24/h4-5,7-10,17H,2-3,6,11-15H2,1H3,(H,25,26). The minimum Gasteiger partial charge on any atom is -0.493 e. The Labute approximate surface area is 159 Å². The monoisotopic (exact) mass is 369 g/mol. The maximum Gasteiger partial charge on any atom is 0.308 e. The van der Waals surface area contributed by atoms with E-state index in [9.17, 15) is 9.59 Å². The van der Waals surface area contributed by atoms with Crippen molar-refractivity contribution in [1.29, 1.82) is 0 Å². The number of nitrogens with zero attached hydrogens (tertiary/aromatic N) is 1. The first-order valence-electron chi connectivity index (χ1n) is 9.74. The molecule has 0 aromatic heterocycles. The predicted octanol–water partition coefficient (Wildman–Crippen LogP) is 3.88. The summed E-state index contributed by atoms with van der Waals surface area (Å²) in [5.41, 5.74) is 1.09. The molecule has 1 N–H and O–H groups in total. The topological polar surface area (TPSA) is 66.8 Å². The molecule has 5 nitrogen and oxygen atoms in total. The van der Waals surface area contributed by atoms with Gasteiger partial charge in [-0.1, -0.05) is 50.1 Å². The third kappa shape index (κ3) is 4.59. The van der Waals surface area contributed by atoms with Gasteiger partial charge in [0.25, 0.3) is 0 Å². The highest BCUT2D eigenvalue weighted by Gasteiger charge is 2.34. The number of carboxylic acid groups (broad SMARTS) is 1. The van der Waals surface area contributed by atoms with Crippen molar-refractivity contribution in [3.63, 3.8) is 0 Å². The number of benzene rings is 2. The molecule has 3 rings (SSSR count). The number of likely N-dealkylation sites (tertiary alicyclic amines) is 1. The van der Waals surface area contributed by atoms with Crippen molar-refractivity contribution < 1.29 is 19.4 Å². The van der Waals surface area contributed by atoms with Gasteiger partial charge in [0.1, 0.15) is 5.75 Å². The number of carboxylic acids is 1. The molecule has 1 heterocycles. The highest BCUT2D eigenvalue weighted by molar-refractivity contribution is 5.88. The molecule has 27 heavy (non-hydrogen) atoms. The number of carbonyl (C=O) groups is 2. The van der Waals surface area contributed by atoms with E-state index in [1.807, 2.05) is 18.2 Å². The first-order chi connectivity index (χ1) is 13.1. The normalized spacial score (nSPS) is 16.9. The Bertz CT molecular complexity index is 817. The van der Waals surface area contributed by atoms with E-state index in [0.29, 0.717) is 26.1 Å². The number of hydrogen-bond acceptors (Lipinski definition) is 3. The molecule has 0 spiro atoms. The van der Waals surface area contributed by atoms with Gasteiger partial charge in [-0.2, -0.15) is 0 Å². The van der Waals surface area contributed by atoms with Gasteiger partial charge in [0, 0.05) is 25.1 Å². The van der Waals surface area contributed by atoms with Crippen molar-refractivity contribution >= 4 is 22.6 Å². The van der Waals surface area contributed by atoms with E-state index in [1.165, 1.54) is 0 Å². The molecule has 1 aliphatic heterocycles. The molecule has 0 bridgehead atoms. The SMILES string of the molecule is CCCCCOc1ccc2ccccc2c1CCN1CC(C(=O)O)CC1=O. The smallest absolute Gasteiger partial charge is 0.308 e. The van der Waals surface area contributed by atoms with Crippen molar-refractivity contribution in [1.82, 2.24) is 4.90 Å². The van der Waals surface area contributed by atoms with Crippen LogP contribution in [0.4, 0.5) is 0 Å². The van der Waals surface area contributed by atoms with Crippen LogP contribution in [0.15, 0.2) is 36.4 Å². The van der Waals surface area contributed by atoms with Crippen LogP contribution in [0, 0.1) is 5.92 Å². The van der Waals surface area contributed by atoms with Crippen LogP contribution in [0.2, 0.25) is 0 Å². The van der Waals surface area contributed by atoms with Crippen LogP contribution in [0.5, 0.6) is 5.75 Å². The molecular weight excluding hydrogens is 342 g/mol. The number of hydrogen-bond donors (Lipinski definition) is 1. The summed E-state index contributed by atoms with van der Waals surface area (Å²) in [6.45, 7) is 3.66. The van der Waals surface area contributed by atoms with Crippen molar-refractivity contribution in [2.75, 3.05) is 19.7 Å². The molecule has 5 heteroatoms. The van der Waals surface area contributed by atoms with Crippen LogP contribution in [0.25, 0.3) is 10.8 Å². The number of ether oxygens (including phenoxy) is 1. The summed E-state index contributed by atoms with van der Waals surface area (Å²) in [6, 6.07) is 12.2. The third-order valence-corrected chi connectivity index (χ3v) is 5.20. The molecule has 1 atom stereocenters. The van der Waals surface area contributed by atoms with E-state index < -0.39 is 11.9 Å². The minimum atomic E-state index is -0.893.